The van der Waals surface area contributed by atoms with Gasteiger partial charge >= 0.3 is 0 Å². The highest BCUT2D eigenvalue weighted by Gasteiger charge is 2.42. The van der Waals surface area contributed by atoms with Crippen LogP contribution in [0.1, 0.15) is 100 Å². The van der Waals surface area contributed by atoms with E-state index in [1.165, 1.54) is 16.2 Å². The molecule has 0 bridgehead atoms. The third-order valence-electron chi connectivity index (χ3n) is 9.68. The van der Waals surface area contributed by atoms with E-state index in [2.05, 4.69) is 15.6 Å². The molecule has 2 aliphatic heterocycles. The van der Waals surface area contributed by atoms with Crippen LogP contribution in [0.25, 0.3) is 0 Å². The first-order chi connectivity index (χ1) is 21.9. The Labute approximate surface area is 277 Å². The van der Waals surface area contributed by atoms with Crippen molar-refractivity contribution in [3.8, 4) is 0 Å². The zero-order valence-corrected chi connectivity index (χ0v) is 28.9. The van der Waals surface area contributed by atoms with Crippen molar-refractivity contribution in [2.45, 2.75) is 110 Å². The molecule has 4 rings (SSSR count). The summed E-state index contributed by atoms with van der Waals surface area (Å²) in [6.07, 6.45) is 3.86. The molecule has 0 aliphatic carbocycles. The molecule has 2 fully saturated rings. The monoisotopic (exact) mass is 653 g/mol. The van der Waals surface area contributed by atoms with Crippen LogP contribution in [-0.4, -0.2) is 81.3 Å². The number of nitrogens with one attached hydrogen (secondary N) is 2. The lowest BCUT2D eigenvalue weighted by atomic mass is 9.94. The number of benzene rings is 1. The zero-order chi connectivity index (χ0) is 33.5. The number of likely N-dealkylation sites (tertiary alicyclic amines) is 2. The molecule has 2 aliphatic rings. The molecule has 0 spiro atoms. The Morgan fingerprint density at radius 3 is 2.48 bits per heavy atom. The molecule has 0 saturated carbocycles. The van der Waals surface area contributed by atoms with Crippen molar-refractivity contribution in [1.82, 2.24) is 25.4 Å². The Balaban J connectivity index is 1.42. The van der Waals surface area contributed by atoms with E-state index in [1.54, 1.807) is 5.38 Å². The van der Waals surface area contributed by atoms with Crippen LogP contribution < -0.4 is 10.6 Å². The summed E-state index contributed by atoms with van der Waals surface area (Å²) in [5.74, 6) is -1.40. The molecule has 0 unspecified atom stereocenters. The molecule has 1 aromatic carbocycles. The standard InChI is InChI=1S/C35H51N5O5S/c1-7-22(4)30(38-31(42)28-15-11-12-16-39(28)6)32(43)36-26(21(2)3)19-29(41)33-37-27(20-46-33)35(45)40-25(17-23(5)34(40)44)18-24-13-9-8-10-14-24/h8-10,13-14,20-23,25-26,28-30,41H,7,11-12,15-19H2,1-6H3,(H,36,43)(H,38,42)/t22-,23-,25+,26+,28+,29+,30-/m0/s1. The Morgan fingerprint density at radius 1 is 1.11 bits per heavy atom. The first-order valence-corrected chi connectivity index (χ1v) is 17.6. The molecule has 7 atom stereocenters. The van der Waals surface area contributed by atoms with E-state index in [0.717, 1.165) is 31.4 Å². The normalized spacial score (nSPS) is 23.2. The number of imide groups is 1. The molecule has 2 saturated heterocycles. The van der Waals surface area contributed by atoms with Crippen LogP contribution in [0.4, 0.5) is 0 Å². The van der Waals surface area contributed by atoms with Gasteiger partial charge in [0.25, 0.3) is 5.91 Å². The van der Waals surface area contributed by atoms with Gasteiger partial charge in [-0.25, -0.2) is 4.98 Å². The van der Waals surface area contributed by atoms with Crippen molar-refractivity contribution in [3.63, 3.8) is 0 Å². The van der Waals surface area contributed by atoms with E-state index >= 15 is 0 Å². The number of piperidine rings is 1. The zero-order valence-electron chi connectivity index (χ0n) is 28.1. The number of rotatable bonds is 13. The van der Waals surface area contributed by atoms with Crippen LogP contribution in [0, 0.1) is 17.8 Å². The van der Waals surface area contributed by atoms with Crippen LogP contribution in [0.5, 0.6) is 0 Å². The van der Waals surface area contributed by atoms with Gasteiger partial charge in [-0.2, -0.15) is 0 Å². The molecule has 3 N–H and O–H groups in total. The molecule has 46 heavy (non-hydrogen) atoms. The average molecular weight is 654 g/mol. The van der Waals surface area contributed by atoms with Gasteiger partial charge in [0, 0.05) is 29.8 Å². The Bertz CT molecular complexity index is 1350. The van der Waals surface area contributed by atoms with Crippen LogP contribution in [-0.2, 0) is 20.8 Å². The Morgan fingerprint density at radius 2 is 1.83 bits per heavy atom. The van der Waals surface area contributed by atoms with E-state index in [9.17, 15) is 24.3 Å². The SMILES string of the molecule is CC[C@H](C)[C@H](NC(=O)[C@H]1CCCCN1C)C(=O)N[C@H](C[C@@H](O)c1nc(C(=O)N2C(=O)[C@@H](C)C[C@@H]2Cc2ccccc2)cs1)C(C)C. The minimum Gasteiger partial charge on any atom is -0.386 e. The van der Waals surface area contributed by atoms with Gasteiger partial charge in [-0.3, -0.25) is 29.0 Å². The fourth-order valence-electron chi connectivity index (χ4n) is 6.49. The average Bonchev–Trinajstić information content (AvgIpc) is 3.64. The summed E-state index contributed by atoms with van der Waals surface area (Å²) < 4.78 is 0. The number of carbonyl (C=O) groups is 4. The predicted molar refractivity (Wildman–Crippen MR) is 179 cm³/mol. The molecule has 10 nitrogen and oxygen atoms in total. The number of hydrogen-bond donors (Lipinski definition) is 3. The first kappa shape index (κ1) is 35.7. The molecule has 3 heterocycles. The summed E-state index contributed by atoms with van der Waals surface area (Å²) in [4.78, 5) is 61.3. The van der Waals surface area contributed by atoms with Crippen molar-refractivity contribution >= 4 is 35.0 Å². The minimum absolute atomic E-state index is 0.0140. The quantitative estimate of drug-likeness (QED) is 0.274. The van der Waals surface area contributed by atoms with E-state index < -0.39 is 24.1 Å². The lowest BCUT2D eigenvalue weighted by Crippen LogP contribution is -2.57. The third kappa shape index (κ3) is 8.60. The van der Waals surface area contributed by atoms with Gasteiger partial charge < -0.3 is 15.7 Å². The molecule has 4 amide bonds. The summed E-state index contributed by atoms with van der Waals surface area (Å²) in [5, 5.41) is 19.3. The first-order valence-electron chi connectivity index (χ1n) is 16.8. The van der Waals surface area contributed by atoms with Gasteiger partial charge in [0.05, 0.1) is 6.04 Å². The summed E-state index contributed by atoms with van der Waals surface area (Å²) in [7, 11) is 1.95. The van der Waals surface area contributed by atoms with E-state index in [-0.39, 0.29) is 59.7 Å². The van der Waals surface area contributed by atoms with Gasteiger partial charge in [0.2, 0.25) is 17.7 Å². The molecular formula is C35H51N5O5S. The van der Waals surface area contributed by atoms with Gasteiger partial charge in [-0.05, 0) is 56.7 Å². The highest BCUT2D eigenvalue weighted by molar-refractivity contribution is 7.09. The molecule has 0 radical (unpaired) electrons. The van der Waals surface area contributed by atoms with E-state index in [4.69, 9.17) is 0 Å². The van der Waals surface area contributed by atoms with Gasteiger partial charge in [0.1, 0.15) is 22.8 Å². The molecule has 1 aromatic heterocycles. The fourth-order valence-corrected chi connectivity index (χ4v) is 7.28. The van der Waals surface area contributed by atoms with E-state index in [0.29, 0.717) is 24.3 Å². The number of thiazole rings is 1. The second-order valence-corrected chi connectivity index (χ2v) is 14.4. The van der Waals surface area contributed by atoms with Crippen molar-refractivity contribution in [3.05, 3.63) is 52.0 Å². The number of aliphatic hydroxyl groups is 1. The highest BCUT2D eigenvalue weighted by atomic mass is 32.1. The van der Waals surface area contributed by atoms with Crippen LogP contribution in [0.15, 0.2) is 35.7 Å². The number of aliphatic hydroxyl groups excluding tert-OH is 1. The number of aromatic nitrogens is 1. The second kappa shape index (κ2) is 16.1. The molecule has 11 heteroatoms. The highest BCUT2D eigenvalue weighted by Crippen LogP contribution is 2.31. The number of amides is 4. The largest absolute Gasteiger partial charge is 0.386 e. The summed E-state index contributed by atoms with van der Waals surface area (Å²) in [6.45, 7) is 10.6. The number of hydrogen-bond acceptors (Lipinski definition) is 8. The van der Waals surface area contributed by atoms with Crippen LogP contribution in [0.3, 0.4) is 0 Å². The van der Waals surface area contributed by atoms with Crippen molar-refractivity contribution in [2.75, 3.05) is 13.6 Å². The summed E-state index contributed by atoms with van der Waals surface area (Å²) >= 11 is 1.17. The van der Waals surface area contributed by atoms with E-state index in [1.807, 2.05) is 76.9 Å². The van der Waals surface area contributed by atoms with Gasteiger partial charge in [0.15, 0.2) is 0 Å². The Kier molecular flexibility index (Phi) is 12.5. The third-order valence-corrected chi connectivity index (χ3v) is 10.6. The smallest absolute Gasteiger partial charge is 0.280 e. The lowest BCUT2D eigenvalue weighted by molar-refractivity contribution is -0.134. The predicted octanol–water partition coefficient (Wildman–Crippen LogP) is 4.34. The summed E-state index contributed by atoms with van der Waals surface area (Å²) in [5.41, 5.74) is 1.19. The van der Waals surface area contributed by atoms with Crippen molar-refractivity contribution in [2.24, 2.45) is 17.8 Å². The van der Waals surface area contributed by atoms with Crippen molar-refractivity contribution in [1.29, 1.82) is 0 Å². The number of nitrogens with zero attached hydrogens (tertiary/aromatic N) is 3. The number of carbonyl (C=O) groups excluding carboxylic acids is 4. The number of likely N-dealkylation sites (N-methyl/N-ethyl adjacent to an activating group) is 1. The van der Waals surface area contributed by atoms with Gasteiger partial charge in [-0.15, -0.1) is 11.3 Å². The maximum Gasteiger partial charge on any atom is 0.280 e. The van der Waals surface area contributed by atoms with Crippen molar-refractivity contribution < 1.29 is 24.3 Å². The summed E-state index contributed by atoms with van der Waals surface area (Å²) in [6, 6.07) is 8.21. The lowest BCUT2D eigenvalue weighted by Gasteiger charge is -2.34. The maximum absolute atomic E-state index is 13.6. The Hall–Kier alpha value is -3.15. The molecule has 252 valence electrons. The van der Waals surface area contributed by atoms with Crippen LogP contribution >= 0.6 is 11.3 Å². The minimum atomic E-state index is -1.03. The maximum atomic E-state index is 13.6. The second-order valence-electron chi connectivity index (χ2n) is 13.5. The molecular weight excluding hydrogens is 602 g/mol. The van der Waals surface area contributed by atoms with Crippen LogP contribution in [0.2, 0.25) is 0 Å². The molecule has 2 aromatic rings. The topological polar surface area (TPSA) is 132 Å². The van der Waals surface area contributed by atoms with Gasteiger partial charge in [-0.1, -0.05) is 77.8 Å². The fraction of sp³-hybridized carbons (Fsp3) is 0.629.